The third-order valence-corrected chi connectivity index (χ3v) is 4.82. The second-order valence-electron chi connectivity index (χ2n) is 5.47. The van der Waals surface area contributed by atoms with Crippen LogP contribution in [0.2, 0.25) is 0 Å². The van der Waals surface area contributed by atoms with E-state index in [2.05, 4.69) is 15.1 Å². The first-order valence-electron chi connectivity index (χ1n) is 7.66. The molecule has 0 saturated carbocycles. The number of ether oxygens (including phenoxy) is 2. The molecule has 0 aliphatic carbocycles. The lowest BCUT2D eigenvalue weighted by Gasteiger charge is -2.04. The molecule has 4 aromatic rings. The Morgan fingerprint density at radius 3 is 2.80 bits per heavy atom. The van der Waals surface area contributed by atoms with E-state index in [0.29, 0.717) is 11.6 Å². The van der Waals surface area contributed by atoms with Gasteiger partial charge in [0.2, 0.25) is 5.88 Å². The van der Waals surface area contributed by atoms with Crippen molar-refractivity contribution < 1.29 is 14.0 Å². The first kappa shape index (κ1) is 15.6. The van der Waals surface area contributed by atoms with Crippen LogP contribution in [0.25, 0.3) is 21.5 Å². The Hall–Kier alpha value is -2.93. The van der Waals surface area contributed by atoms with Gasteiger partial charge in [0.1, 0.15) is 22.6 Å². The molecule has 3 heterocycles. The fourth-order valence-electron chi connectivity index (χ4n) is 2.51. The summed E-state index contributed by atoms with van der Waals surface area (Å²) < 4.78 is 16.4. The average molecular weight is 353 g/mol. The normalized spacial score (nSPS) is 11.0. The maximum Gasteiger partial charge on any atom is 0.226 e. The van der Waals surface area contributed by atoms with Crippen LogP contribution in [0.3, 0.4) is 0 Å². The zero-order chi connectivity index (χ0) is 17.2. The zero-order valence-corrected chi connectivity index (χ0v) is 14.5. The average Bonchev–Trinajstić information content (AvgIpc) is 3.28. The van der Waals surface area contributed by atoms with Gasteiger partial charge in [0.05, 0.1) is 12.5 Å². The largest absolute Gasteiger partial charge is 0.497 e. The van der Waals surface area contributed by atoms with Gasteiger partial charge in [-0.05, 0) is 42.1 Å². The van der Waals surface area contributed by atoms with Crippen molar-refractivity contribution in [2.75, 3.05) is 7.11 Å². The molecule has 7 heteroatoms. The summed E-state index contributed by atoms with van der Waals surface area (Å²) in [6, 6.07) is 9.50. The number of methoxy groups -OCH3 is 1. The number of aromatic nitrogens is 3. The van der Waals surface area contributed by atoms with E-state index >= 15 is 0 Å². The van der Waals surface area contributed by atoms with Gasteiger partial charge in [0.25, 0.3) is 0 Å². The molecule has 4 rings (SSSR count). The molecule has 0 amide bonds. The quantitative estimate of drug-likeness (QED) is 0.534. The van der Waals surface area contributed by atoms with Crippen LogP contribution < -0.4 is 9.47 Å². The molecule has 1 aromatic carbocycles. The number of nitrogens with zero attached hydrogens (tertiary/aromatic N) is 3. The van der Waals surface area contributed by atoms with Crippen LogP contribution in [-0.4, -0.2) is 22.2 Å². The third-order valence-electron chi connectivity index (χ3n) is 3.82. The summed E-state index contributed by atoms with van der Waals surface area (Å²) in [6.07, 6.45) is 1.51. The smallest absolute Gasteiger partial charge is 0.226 e. The Bertz CT molecular complexity index is 1010. The summed E-state index contributed by atoms with van der Waals surface area (Å²) in [5, 5.41) is 7.09. The second-order valence-corrected chi connectivity index (χ2v) is 6.33. The van der Waals surface area contributed by atoms with Gasteiger partial charge in [-0.2, -0.15) is 0 Å². The minimum atomic E-state index is 0.255. The Labute approximate surface area is 148 Å². The molecule has 0 unspecified atom stereocenters. The molecule has 6 nitrogen and oxygen atoms in total. The van der Waals surface area contributed by atoms with Gasteiger partial charge in [-0.25, -0.2) is 9.97 Å². The summed E-state index contributed by atoms with van der Waals surface area (Å²) in [4.78, 5) is 9.41. The molecule has 0 N–H and O–H groups in total. The molecule has 0 aliphatic rings. The van der Waals surface area contributed by atoms with Gasteiger partial charge in [-0.3, -0.25) is 0 Å². The monoisotopic (exact) mass is 353 g/mol. The van der Waals surface area contributed by atoms with E-state index in [1.165, 1.54) is 6.33 Å². The number of hydrogen-bond acceptors (Lipinski definition) is 7. The summed E-state index contributed by atoms with van der Waals surface area (Å²) in [6.45, 7) is 2.27. The number of thiophene rings is 1. The highest BCUT2D eigenvalue weighted by Crippen LogP contribution is 2.30. The van der Waals surface area contributed by atoms with Crippen LogP contribution in [0.1, 0.15) is 11.3 Å². The molecular weight excluding hydrogens is 338 g/mol. The van der Waals surface area contributed by atoms with Crippen molar-refractivity contribution in [3.05, 3.63) is 53.4 Å². The number of benzene rings is 1. The summed E-state index contributed by atoms with van der Waals surface area (Å²) >= 11 is 1.58. The van der Waals surface area contributed by atoms with Crippen molar-refractivity contribution in [3.8, 4) is 22.9 Å². The number of fused-ring (bicyclic) bond motifs is 1. The standard InChI is InChI=1S/C18H15N3O3S/c1-11-9-25-18-16(11)17(19-10-20-18)23-8-14-7-15(21-24-14)12-3-5-13(22-2)6-4-12/h3-7,9-10H,8H2,1-2H3. The highest BCUT2D eigenvalue weighted by atomic mass is 32.1. The molecule has 126 valence electrons. The zero-order valence-electron chi connectivity index (χ0n) is 13.7. The van der Waals surface area contributed by atoms with Crippen LogP contribution in [0.15, 0.2) is 46.6 Å². The summed E-state index contributed by atoms with van der Waals surface area (Å²) in [7, 11) is 1.64. The van der Waals surface area contributed by atoms with E-state index in [9.17, 15) is 0 Å². The SMILES string of the molecule is COc1ccc(-c2cc(COc3ncnc4scc(C)c34)on2)cc1. The number of hydrogen-bond donors (Lipinski definition) is 0. The first-order chi connectivity index (χ1) is 12.2. The topological polar surface area (TPSA) is 70.3 Å². The molecule has 0 atom stereocenters. The Balaban J connectivity index is 1.52. The van der Waals surface area contributed by atoms with Crippen LogP contribution >= 0.6 is 11.3 Å². The Morgan fingerprint density at radius 2 is 2.00 bits per heavy atom. The van der Waals surface area contributed by atoms with E-state index in [0.717, 1.165) is 32.8 Å². The molecule has 0 aliphatic heterocycles. The molecule has 0 fully saturated rings. The maximum atomic E-state index is 5.83. The van der Waals surface area contributed by atoms with Crippen molar-refractivity contribution in [1.82, 2.24) is 15.1 Å². The third kappa shape index (κ3) is 3.06. The lowest BCUT2D eigenvalue weighted by molar-refractivity contribution is 0.244. The molecular formula is C18H15N3O3S. The van der Waals surface area contributed by atoms with Crippen LogP contribution in [0.5, 0.6) is 11.6 Å². The lowest BCUT2D eigenvalue weighted by atomic mass is 10.1. The van der Waals surface area contributed by atoms with Crippen molar-refractivity contribution >= 4 is 21.6 Å². The highest BCUT2D eigenvalue weighted by molar-refractivity contribution is 7.17. The molecule has 0 saturated heterocycles. The molecule has 0 bridgehead atoms. The molecule has 3 aromatic heterocycles. The lowest BCUT2D eigenvalue weighted by Crippen LogP contribution is -1.97. The van der Waals surface area contributed by atoms with Gasteiger partial charge in [0.15, 0.2) is 12.4 Å². The summed E-state index contributed by atoms with van der Waals surface area (Å²) in [5.41, 5.74) is 2.81. The summed E-state index contributed by atoms with van der Waals surface area (Å²) in [5.74, 6) is 1.99. The van der Waals surface area contributed by atoms with Crippen LogP contribution in [-0.2, 0) is 6.61 Å². The fraction of sp³-hybridized carbons (Fsp3) is 0.167. The van der Waals surface area contributed by atoms with Crippen molar-refractivity contribution in [2.45, 2.75) is 13.5 Å². The molecule has 0 spiro atoms. The fourth-order valence-corrected chi connectivity index (χ4v) is 3.39. The highest BCUT2D eigenvalue weighted by Gasteiger charge is 2.12. The van der Waals surface area contributed by atoms with Gasteiger partial charge in [-0.15, -0.1) is 11.3 Å². The van der Waals surface area contributed by atoms with E-state index in [1.807, 2.05) is 42.6 Å². The van der Waals surface area contributed by atoms with Crippen LogP contribution in [0.4, 0.5) is 0 Å². The minimum absolute atomic E-state index is 0.255. The van der Waals surface area contributed by atoms with E-state index < -0.39 is 0 Å². The van der Waals surface area contributed by atoms with Gasteiger partial charge < -0.3 is 14.0 Å². The van der Waals surface area contributed by atoms with E-state index in [-0.39, 0.29) is 6.61 Å². The van der Waals surface area contributed by atoms with Crippen LogP contribution in [0, 0.1) is 6.92 Å². The first-order valence-corrected chi connectivity index (χ1v) is 8.54. The van der Waals surface area contributed by atoms with Crippen molar-refractivity contribution in [3.63, 3.8) is 0 Å². The van der Waals surface area contributed by atoms with E-state index in [1.54, 1.807) is 18.4 Å². The number of aryl methyl sites for hydroxylation is 1. The maximum absolute atomic E-state index is 5.83. The van der Waals surface area contributed by atoms with E-state index in [4.69, 9.17) is 14.0 Å². The second kappa shape index (κ2) is 6.52. The Kier molecular flexibility index (Phi) is 4.07. The van der Waals surface area contributed by atoms with Gasteiger partial charge in [-0.1, -0.05) is 5.16 Å². The van der Waals surface area contributed by atoms with Gasteiger partial charge >= 0.3 is 0 Å². The molecule has 25 heavy (non-hydrogen) atoms. The van der Waals surface area contributed by atoms with Crippen molar-refractivity contribution in [2.24, 2.45) is 0 Å². The predicted molar refractivity (Wildman–Crippen MR) is 95.0 cm³/mol. The minimum Gasteiger partial charge on any atom is -0.497 e. The molecule has 0 radical (unpaired) electrons. The Morgan fingerprint density at radius 1 is 1.16 bits per heavy atom. The van der Waals surface area contributed by atoms with Crippen molar-refractivity contribution in [1.29, 1.82) is 0 Å². The number of rotatable bonds is 5. The predicted octanol–water partition coefficient (Wildman–Crippen LogP) is 4.24. The van der Waals surface area contributed by atoms with Gasteiger partial charge in [0, 0.05) is 11.6 Å².